The molecule has 0 fully saturated rings. The molecule has 3 nitrogen and oxygen atoms in total. The van der Waals surface area contributed by atoms with Crippen LogP contribution in [0.15, 0.2) is 60.7 Å². The highest BCUT2D eigenvalue weighted by Crippen LogP contribution is 2.41. The van der Waals surface area contributed by atoms with Gasteiger partial charge >= 0.3 is 0 Å². The molecule has 0 heterocycles. The summed E-state index contributed by atoms with van der Waals surface area (Å²) in [6, 6.07) is 18.2. The van der Waals surface area contributed by atoms with Crippen molar-refractivity contribution in [2.24, 2.45) is 0 Å². The van der Waals surface area contributed by atoms with Crippen molar-refractivity contribution in [3.8, 4) is 11.1 Å². The maximum absolute atomic E-state index is 14.6. The standard InChI is InChI=1S/C34H41FO3/c1-7-33(37,8-2)18-17-26-13-14-29(19-24(26)5)34(9-3,10-4)30-15-16-31(25(6)20-30)27-11-12-28(22-38-23-36)32(35)21-27/h11-21,23,37H,7-10,22H2,1-6H3/b18-17+. The van der Waals surface area contributed by atoms with Crippen molar-refractivity contribution in [1.29, 1.82) is 0 Å². The van der Waals surface area contributed by atoms with Crippen LogP contribution in [0.3, 0.4) is 0 Å². The molecule has 0 unspecified atom stereocenters. The van der Waals surface area contributed by atoms with Crippen molar-refractivity contribution in [2.45, 2.75) is 84.8 Å². The van der Waals surface area contributed by atoms with Crippen molar-refractivity contribution < 1.29 is 19.0 Å². The second-order valence-electron chi connectivity index (χ2n) is 10.2. The molecule has 1 N–H and O–H groups in total. The van der Waals surface area contributed by atoms with Crippen LogP contribution in [0.25, 0.3) is 17.2 Å². The Hall–Kier alpha value is -3.24. The summed E-state index contributed by atoms with van der Waals surface area (Å²) in [4.78, 5) is 10.5. The van der Waals surface area contributed by atoms with E-state index < -0.39 is 5.60 Å². The van der Waals surface area contributed by atoms with E-state index in [4.69, 9.17) is 4.74 Å². The fourth-order valence-electron chi connectivity index (χ4n) is 5.37. The SMILES string of the molecule is CCC(O)(/C=C/c1ccc(C(CC)(CC)c2ccc(-c3ccc(COC=O)c(F)c3)c(C)c2)cc1C)CC. The molecule has 0 saturated heterocycles. The first kappa shape index (κ1) is 29.3. The maximum Gasteiger partial charge on any atom is 0.293 e. The van der Waals surface area contributed by atoms with Crippen molar-refractivity contribution in [3.63, 3.8) is 0 Å². The average molecular weight is 517 g/mol. The van der Waals surface area contributed by atoms with Crippen molar-refractivity contribution >= 4 is 12.5 Å². The number of rotatable bonds is 12. The predicted molar refractivity (Wildman–Crippen MR) is 155 cm³/mol. The highest BCUT2D eigenvalue weighted by molar-refractivity contribution is 5.69. The van der Waals surface area contributed by atoms with Gasteiger partial charge in [0.05, 0.1) is 5.60 Å². The van der Waals surface area contributed by atoms with Crippen molar-refractivity contribution in [1.82, 2.24) is 0 Å². The number of hydrogen-bond acceptors (Lipinski definition) is 3. The van der Waals surface area contributed by atoms with Gasteiger partial charge in [0.25, 0.3) is 6.47 Å². The topological polar surface area (TPSA) is 46.5 Å². The molecule has 0 saturated carbocycles. The summed E-state index contributed by atoms with van der Waals surface area (Å²) < 4.78 is 19.3. The maximum atomic E-state index is 14.6. The number of ether oxygens (including phenoxy) is 1. The molecule has 0 aliphatic heterocycles. The molecule has 3 aromatic carbocycles. The number of benzene rings is 3. The fraction of sp³-hybridized carbons (Fsp3) is 0.382. The van der Waals surface area contributed by atoms with Crippen LogP contribution in [0.1, 0.15) is 86.8 Å². The quantitative estimate of drug-likeness (QED) is 0.246. The third-order valence-electron chi connectivity index (χ3n) is 8.28. The summed E-state index contributed by atoms with van der Waals surface area (Å²) in [5, 5.41) is 10.7. The van der Waals surface area contributed by atoms with Gasteiger partial charge in [-0.15, -0.1) is 0 Å². The van der Waals surface area contributed by atoms with Crippen molar-refractivity contribution in [3.05, 3.63) is 99.9 Å². The molecule has 3 aromatic rings. The van der Waals surface area contributed by atoms with Gasteiger partial charge in [0, 0.05) is 11.0 Å². The predicted octanol–water partition coefficient (Wildman–Crippen LogP) is 8.45. The van der Waals surface area contributed by atoms with Gasteiger partial charge in [0.1, 0.15) is 12.4 Å². The molecule has 0 aromatic heterocycles. The van der Waals surface area contributed by atoms with E-state index in [2.05, 4.69) is 64.1 Å². The molecule has 38 heavy (non-hydrogen) atoms. The first-order valence-electron chi connectivity index (χ1n) is 13.6. The van der Waals surface area contributed by atoms with Crippen LogP contribution in [-0.2, 0) is 21.6 Å². The molecule has 202 valence electrons. The summed E-state index contributed by atoms with van der Waals surface area (Å²) in [7, 11) is 0. The van der Waals surface area contributed by atoms with E-state index in [9.17, 15) is 14.3 Å². The van der Waals surface area contributed by atoms with E-state index in [1.165, 1.54) is 22.8 Å². The minimum atomic E-state index is -0.770. The lowest BCUT2D eigenvalue weighted by Gasteiger charge is -2.34. The summed E-state index contributed by atoms with van der Waals surface area (Å²) in [5.74, 6) is -0.384. The third kappa shape index (κ3) is 6.07. The van der Waals surface area contributed by atoms with Gasteiger partial charge in [-0.05, 0) is 84.5 Å². The zero-order chi connectivity index (χ0) is 27.9. The number of carbonyl (C=O) groups is 1. The Balaban J connectivity index is 1.98. The molecule has 0 radical (unpaired) electrons. The Kier molecular flexibility index (Phi) is 9.67. The highest BCUT2D eigenvalue weighted by Gasteiger charge is 2.31. The van der Waals surface area contributed by atoms with Crippen LogP contribution in [0, 0.1) is 19.7 Å². The lowest BCUT2D eigenvalue weighted by atomic mass is 9.69. The average Bonchev–Trinajstić information content (AvgIpc) is 2.93. The molecule has 0 aliphatic carbocycles. The second kappa shape index (κ2) is 12.5. The fourth-order valence-corrected chi connectivity index (χ4v) is 5.37. The lowest BCUT2D eigenvalue weighted by molar-refractivity contribution is -0.129. The molecular weight excluding hydrogens is 475 g/mol. The van der Waals surface area contributed by atoms with Crippen LogP contribution < -0.4 is 0 Å². The minimum Gasteiger partial charge on any atom is -0.463 e. The Morgan fingerprint density at radius 3 is 2.00 bits per heavy atom. The summed E-state index contributed by atoms with van der Waals surface area (Å²) in [6.07, 6.45) is 7.23. The van der Waals surface area contributed by atoms with Gasteiger partial charge < -0.3 is 9.84 Å². The normalized spacial score (nSPS) is 12.2. The van der Waals surface area contributed by atoms with E-state index in [1.807, 2.05) is 32.1 Å². The largest absolute Gasteiger partial charge is 0.463 e. The summed E-state index contributed by atoms with van der Waals surface area (Å²) in [5.41, 5.74) is 7.11. The van der Waals surface area contributed by atoms with Gasteiger partial charge in [-0.2, -0.15) is 0 Å². The van der Waals surface area contributed by atoms with Crippen LogP contribution >= 0.6 is 0 Å². The van der Waals surface area contributed by atoms with E-state index in [-0.39, 0.29) is 17.8 Å². The zero-order valence-corrected chi connectivity index (χ0v) is 23.6. The highest BCUT2D eigenvalue weighted by atomic mass is 19.1. The molecular formula is C34H41FO3. The van der Waals surface area contributed by atoms with Crippen LogP contribution in [0.5, 0.6) is 0 Å². The first-order valence-corrected chi connectivity index (χ1v) is 13.6. The zero-order valence-electron chi connectivity index (χ0n) is 23.6. The molecule has 0 spiro atoms. The first-order chi connectivity index (χ1) is 18.2. The second-order valence-corrected chi connectivity index (χ2v) is 10.2. The molecule has 0 atom stereocenters. The van der Waals surface area contributed by atoms with Crippen LogP contribution in [0.2, 0.25) is 0 Å². The smallest absolute Gasteiger partial charge is 0.293 e. The van der Waals surface area contributed by atoms with Gasteiger partial charge in [-0.1, -0.05) is 88.4 Å². The Bertz CT molecular complexity index is 1280. The Labute approximate surface area is 227 Å². The van der Waals surface area contributed by atoms with Gasteiger partial charge in [-0.25, -0.2) is 4.39 Å². The van der Waals surface area contributed by atoms with E-state index in [0.29, 0.717) is 24.9 Å². The number of carbonyl (C=O) groups excluding carboxylic acids is 1. The summed E-state index contributed by atoms with van der Waals surface area (Å²) >= 11 is 0. The third-order valence-corrected chi connectivity index (χ3v) is 8.28. The van der Waals surface area contributed by atoms with Crippen LogP contribution in [0.4, 0.5) is 4.39 Å². The molecule has 4 heteroatoms. The lowest BCUT2D eigenvalue weighted by Crippen LogP contribution is -2.26. The monoisotopic (exact) mass is 516 g/mol. The number of aryl methyl sites for hydroxylation is 2. The summed E-state index contributed by atoms with van der Waals surface area (Å²) in [6.45, 7) is 12.9. The van der Waals surface area contributed by atoms with E-state index in [1.54, 1.807) is 6.07 Å². The Morgan fingerprint density at radius 1 is 0.842 bits per heavy atom. The molecule has 0 bridgehead atoms. The number of halogens is 1. The van der Waals surface area contributed by atoms with Crippen LogP contribution in [-0.4, -0.2) is 17.2 Å². The molecule has 3 rings (SSSR count). The van der Waals surface area contributed by atoms with Gasteiger partial charge in [0.2, 0.25) is 0 Å². The minimum absolute atomic E-state index is 0.0743. The van der Waals surface area contributed by atoms with Gasteiger partial charge in [0.15, 0.2) is 0 Å². The van der Waals surface area contributed by atoms with E-state index in [0.717, 1.165) is 35.1 Å². The molecule has 0 aliphatic rings. The number of hydrogen-bond donors (Lipinski definition) is 1. The number of aliphatic hydroxyl groups is 1. The van der Waals surface area contributed by atoms with E-state index >= 15 is 0 Å². The van der Waals surface area contributed by atoms with Gasteiger partial charge in [-0.3, -0.25) is 4.79 Å². The molecule has 0 amide bonds. The Morgan fingerprint density at radius 2 is 1.47 bits per heavy atom. The van der Waals surface area contributed by atoms with Crippen molar-refractivity contribution in [2.75, 3.05) is 0 Å².